The average molecular weight is 1120 g/mol. The van der Waals surface area contributed by atoms with Crippen molar-refractivity contribution in [2.75, 3.05) is 25.6 Å². The van der Waals surface area contributed by atoms with Crippen molar-refractivity contribution in [2.24, 2.45) is 11.8 Å². The van der Waals surface area contributed by atoms with Gasteiger partial charge in [-0.05, 0) is 76.7 Å². The number of phosphoric ester groups is 2. The average Bonchev–Trinajstić information content (AvgIpc) is 3.37. The maximum absolute atomic E-state index is 14.3. The fourth-order valence-electron chi connectivity index (χ4n) is 7.85. The molecule has 0 aliphatic carbocycles. The Morgan fingerprint density at radius 3 is 2.08 bits per heavy atom. The molecule has 0 aromatic carbocycles. The molecule has 3 rings (SSSR count). The number of aromatic nitrogens is 2. The lowest BCUT2D eigenvalue weighted by atomic mass is 9.83. The molecule has 2 aliphatic heterocycles. The minimum absolute atomic E-state index is 0.0555. The van der Waals surface area contributed by atoms with Crippen LogP contribution in [0.2, 0.25) is 0 Å². The highest BCUT2D eigenvalue weighted by Crippen LogP contribution is 2.60. The fourth-order valence-corrected chi connectivity index (χ4v) is 9.96. The Kier molecular flexibility index (Phi) is 32.1. The predicted octanol–water partition coefficient (Wildman–Crippen LogP) is 7.81. The largest absolute Gasteiger partial charge is 0.481 e. The number of ketones is 1. The van der Waals surface area contributed by atoms with E-state index in [0.29, 0.717) is 25.7 Å². The van der Waals surface area contributed by atoms with Gasteiger partial charge in [-0.25, -0.2) is 13.9 Å². The second-order valence-electron chi connectivity index (χ2n) is 18.4. The first-order valence-corrected chi connectivity index (χ1v) is 29.3. The maximum Gasteiger partial charge on any atom is 0.481 e. The number of rotatable bonds is 23. The lowest BCUT2D eigenvalue weighted by Gasteiger charge is -2.38. The van der Waals surface area contributed by atoms with Gasteiger partial charge in [-0.2, -0.15) is 9.29 Å². The number of anilines is 1. The van der Waals surface area contributed by atoms with E-state index in [1.54, 1.807) is 18.2 Å². The molecule has 1 aromatic rings. The molecule has 0 spiro atoms. The molecule has 430 valence electrons. The number of hydrogen-bond acceptors (Lipinski definition) is 18. The third-order valence-corrected chi connectivity index (χ3v) is 14.6. The van der Waals surface area contributed by atoms with Gasteiger partial charge in [0.1, 0.15) is 36.6 Å². The van der Waals surface area contributed by atoms with Crippen LogP contribution in [-0.4, -0.2) is 114 Å². The van der Waals surface area contributed by atoms with Crippen LogP contribution in [-0.2, 0) is 51.1 Å². The molecule has 0 saturated carbocycles. The number of ether oxygens (including phenoxy) is 3. The number of Topliss-reactive ketones (excluding diaryl/α,β-unsaturated/α-hetero) is 1. The third kappa shape index (κ3) is 27.6. The number of esters is 2. The van der Waals surface area contributed by atoms with E-state index in [0.717, 1.165) is 55.7 Å². The molecule has 2 aliphatic rings. The molecule has 0 amide bonds. The first kappa shape index (κ1) is 66.5. The summed E-state index contributed by atoms with van der Waals surface area (Å²) in [5.41, 5.74) is 4.71. The van der Waals surface area contributed by atoms with Gasteiger partial charge in [0.25, 0.3) is 0 Å². The molecule has 77 heavy (non-hydrogen) atoms. The molecule has 1 saturated heterocycles. The zero-order chi connectivity index (χ0) is 56.5. The van der Waals surface area contributed by atoms with Gasteiger partial charge in [-0.1, -0.05) is 130 Å². The Morgan fingerprint density at radius 2 is 1.47 bits per heavy atom. The topological polar surface area (TPSA) is 323 Å². The zero-order valence-corrected chi connectivity index (χ0v) is 46.0. The highest BCUT2D eigenvalue weighted by atomic mass is 31.3. The lowest BCUT2D eigenvalue weighted by molar-refractivity contribution is -0.183. The number of aliphatic hydroxyl groups is 4. The van der Waals surface area contributed by atoms with E-state index in [4.69, 9.17) is 29.0 Å². The number of unbranched alkanes of at least 4 members (excludes halogenated alkanes) is 2. The van der Waals surface area contributed by atoms with Crippen LogP contribution in [0.1, 0.15) is 129 Å². The highest BCUT2D eigenvalue weighted by molar-refractivity contribution is 7.61. The number of nitrogen functional groups attached to an aromatic ring is 1. The summed E-state index contributed by atoms with van der Waals surface area (Å²) in [5, 5.41) is 45.5. The van der Waals surface area contributed by atoms with Gasteiger partial charge in [-0.3, -0.25) is 28.0 Å². The van der Waals surface area contributed by atoms with Gasteiger partial charge in [0.15, 0.2) is 6.10 Å². The summed E-state index contributed by atoms with van der Waals surface area (Å²) in [6, 6.07) is 1.21. The number of allylic oxidation sites excluding steroid dienone is 14. The van der Waals surface area contributed by atoms with E-state index < -0.39 is 120 Å². The zero-order valence-electron chi connectivity index (χ0n) is 44.2. The maximum atomic E-state index is 14.3. The van der Waals surface area contributed by atoms with E-state index >= 15 is 0 Å². The first-order valence-electron chi connectivity index (χ1n) is 26.4. The number of carbonyl (C=O) groups excluding carboxylic acids is 3. The number of phosphoric acid groups is 2. The second-order valence-corrected chi connectivity index (χ2v) is 21.5. The van der Waals surface area contributed by atoms with E-state index in [9.17, 15) is 58.5 Å². The molecule has 2 unspecified atom stereocenters. The third-order valence-electron chi connectivity index (χ3n) is 12.0. The number of nitrogens with two attached hydrogens (primary N) is 1. The van der Waals surface area contributed by atoms with Crippen LogP contribution in [0.4, 0.5) is 5.82 Å². The molecule has 1 fully saturated rings. The van der Waals surface area contributed by atoms with E-state index in [2.05, 4.69) is 64.8 Å². The van der Waals surface area contributed by atoms with Crippen molar-refractivity contribution in [1.29, 1.82) is 0 Å². The summed E-state index contributed by atoms with van der Waals surface area (Å²) in [5.74, 6) is -5.27. The van der Waals surface area contributed by atoms with Crippen molar-refractivity contribution in [3.05, 3.63) is 120 Å². The monoisotopic (exact) mass is 1120 g/mol. The molecular weight excluding hydrogens is 1040 g/mol. The molecule has 21 nitrogen and oxygen atoms in total. The Balaban J connectivity index is 1.74. The van der Waals surface area contributed by atoms with Crippen molar-refractivity contribution in [2.45, 2.75) is 166 Å². The van der Waals surface area contributed by atoms with Crippen molar-refractivity contribution < 1.29 is 81.3 Å². The van der Waals surface area contributed by atoms with Crippen LogP contribution in [0.3, 0.4) is 0 Å². The molecule has 3 heterocycles. The number of cyclic esters (lactones) is 1. The van der Waals surface area contributed by atoms with Crippen molar-refractivity contribution >= 4 is 39.2 Å². The van der Waals surface area contributed by atoms with Crippen molar-refractivity contribution in [3.63, 3.8) is 0 Å². The molecule has 0 radical (unpaired) electrons. The van der Waals surface area contributed by atoms with Gasteiger partial charge in [0.2, 0.25) is 0 Å². The quantitative estimate of drug-likeness (QED) is 0.0238. The molecule has 1 aromatic heterocycles. The summed E-state index contributed by atoms with van der Waals surface area (Å²) < 4.78 is 58.7. The Hall–Kier alpha value is -4.73. The number of fused-ring (bicyclic) bond motifs is 3. The predicted molar refractivity (Wildman–Crippen MR) is 289 cm³/mol. The van der Waals surface area contributed by atoms with Crippen LogP contribution in [0.5, 0.6) is 0 Å². The van der Waals surface area contributed by atoms with Crippen LogP contribution >= 0.6 is 15.6 Å². The second kappa shape index (κ2) is 37.2. The van der Waals surface area contributed by atoms with E-state index in [1.165, 1.54) is 18.2 Å². The molecule has 23 heteroatoms. The number of aliphatic hydroxyl groups excluding tert-OH is 4. The minimum atomic E-state index is -5.74. The fraction of sp³-hybridized carbons (Fsp3) is 0.574. The SMILES string of the molecule is CC/C=C\C/C=C\C/C=C\C/C=C\C/C=C\C/C=C\CCC(=O)OC[C@@H]1COP(=O)(O)OP(=O)(O)OC[C@H]2O[C@@H](n3ccc(N)nc3=O)[C@@H](CC=CCCCC(=O)O1)C(=O)C[C@@H](O)[C@H](/C=C/[C@@H](O)CCCCC)[C@H](O)[C@@H]2O. The summed E-state index contributed by atoms with van der Waals surface area (Å²) in [6.07, 6.45) is 26.9. The highest BCUT2D eigenvalue weighted by Gasteiger charge is 2.45. The van der Waals surface area contributed by atoms with Crippen LogP contribution in [0.25, 0.3) is 0 Å². The van der Waals surface area contributed by atoms with Gasteiger partial charge >= 0.3 is 33.3 Å². The number of nitrogens with zero attached hydrogens (tertiary/aromatic N) is 2. The van der Waals surface area contributed by atoms with Gasteiger partial charge in [-0.15, -0.1) is 0 Å². The Bertz CT molecular complexity index is 2350. The summed E-state index contributed by atoms with van der Waals surface area (Å²) in [7, 11) is -11.4. The molecule has 11 atom stereocenters. The van der Waals surface area contributed by atoms with E-state index in [1.807, 2.05) is 25.2 Å². The summed E-state index contributed by atoms with van der Waals surface area (Å²) >= 11 is 0. The van der Waals surface area contributed by atoms with Crippen molar-refractivity contribution in [1.82, 2.24) is 9.55 Å². The molecular formula is C54H81N3O18P2. The summed E-state index contributed by atoms with van der Waals surface area (Å²) in [6.45, 7) is 1.25. The lowest BCUT2D eigenvalue weighted by Crippen LogP contribution is -2.51. The summed E-state index contributed by atoms with van der Waals surface area (Å²) in [4.78, 5) is 78.3. The van der Waals surface area contributed by atoms with Gasteiger partial charge < -0.3 is 50.2 Å². The Morgan fingerprint density at radius 1 is 0.857 bits per heavy atom. The van der Waals surface area contributed by atoms with Gasteiger partial charge in [0.05, 0.1) is 37.4 Å². The normalized spacial score (nSPS) is 28.7. The number of hydrogen-bond donors (Lipinski definition) is 7. The smallest absolute Gasteiger partial charge is 0.462 e. The molecule has 2 bridgehead atoms. The Labute approximate surface area is 451 Å². The number of carbonyl (C=O) groups is 3. The minimum Gasteiger partial charge on any atom is -0.462 e. The van der Waals surface area contributed by atoms with Gasteiger partial charge in [0, 0.05) is 31.4 Å². The van der Waals surface area contributed by atoms with Crippen molar-refractivity contribution in [3.8, 4) is 0 Å². The molecule has 8 N–H and O–H groups in total. The van der Waals surface area contributed by atoms with Crippen LogP contribution < -0.4 is 11.4 Å². The van der Waals surface area contributed by atoms with Crippen LogP contribution in [0, 0.1) is 11.8 Å². The standard InChI is InChI=1S/C54H81N3O18P2/c1-3-5-7-8-9-10-11-12-13-14-15-16-17-18-19-20-21-22-27-31-49(61)70-38-42-39-71-76(66,67)75-77(68,69)72-40-47-52(64)51(63)43(34-33-41(58)29-25-6-4-2)45(59)37-46(60)44(30-26-23-24-28-32-50(62)73-42)53(74-47)57-36-35-48(55)56-54(57)65/h5,7,9-10,12-13,15-16,18-19,21-23,26,33-36,41-45,47,51-53,58-59,63-64H,3-4,6,8,11,14,17,20,24-25,27-32,37-40H2,1-2H3,(H,66,67)(H,68,69)(H2,55,56,65)/b7-5-,10-9-,13-12-,16-15-,19-18-,22-21-,26-23?,34-33+/t41-,42+,43-,44-,45+,47+,51-,52+,53+/m0/s1. The van der Waals surface area contributed by atoms with E-state index in [-0.39, 0.29) is 37.9 Å². The van der Waals surface area contributed by atoms with Crippen LogP contribution in [0.15, 0.2) is 114 Å². The first-order chi connectivity index (χ1) is 36.9.